The van der Waals surface area contributed by atoms with Crippen LogP contribution in [0.5, 0.6) is 0 Å². The molecule has 0 aromatic heterocycles. The number of aliphatic hydroxyl groups is 1. The van der Waals surface area contributed by atoms with Crippen molar-refractivity contribution in [2.24, 2.45) is 5.41 Å². The molecule has 1 N–H and O–H groups in total. The van der Waals surface area contributed by atoms with E-state index in [1.165, 1.54) is 0 Å². The quantitative estimate of drug-likeness (QED) is 0.849. The number of hydrogen-bond donors (Lipinski definition) is 1. The Bertz CT molecular complexity index is 367. The Labute approximate surface area is 104 Å². The molecule has 1 nitrogen and oxygen atoms in total. The molecular weight excluding hydrogens is 215 g/mol. The molecular formula is C15H23FO. The average molecular weight is 238 g/mol. The molecule has 96 valence electrons. The largest absolute Gasteiger partial charge is 0.393 e. The number of hydrogen-bond acceptors (Lipinski definition) is 1. The van der Waals surface area contributed by atoms with Crippen LogP contribution in [0, 0.1) is 25.1 Å². The first-order valence-electron chi connectivity index (χ1n) is 6.15. The van der Waals surface area contributed by atoms with Gasteiger partial charge in [0.25, 0.3) is 0 Å². The molecule has 0 aliphatic heterocycles. The second-order valence-electron chi connectivity index (χ2n) is 5.96. The molecule has 0 bridgehead atoms. The number of rotatable bonds is 3. The summed E-state index contributed by atoms with van der Waals surface area (Å²) in [6.07, 6.45) is 0.795. The van der Waals surface area contributed by atoms with E-state index in [1.54, 1.807) is 6.07 Å². The molecule has 0 aliphatic rings. The fourth-order valence-electron chi connectivity index (χ4n) is 1.98. The summed E-state index contributed by atoms with van der Waals surface area (Å²) in [6.45, 7) is 9.81. The summed E-state index contributed by atoms with van der Waals surface area (Å²) in [5.74, 6) is -0.149. The number of halogens is 1. The summed E-state index contributed by atoms with van der Waals surface area (Å²) >= 11 is 0. The standard InChI is InChI=1S/C15H23FO/c1-10-8-11(2)12(13(16)9-10)6-7-14(17)15(3,4)5/h8-9,14,17H,6-7H2,1-5H3. The number of benzene rings is 1. The van der Waals surface area contributed by atoms with Gasteiger partial charge in [0.2, 0.25) is 0 Å². The van der Waals surface area contributed by atoms with Crippen molar-refractivity contribution < 1.29 is 9.50 Å². The van der Waals surface area contributed by atoms with E-state index in [4.69, 9.17) is 0 Å². The normalized spacial score (nSPS) is 13.8. The lowest BCUT2D eigenvalue weighted by Crippen LogP contribution is -2.26. The summed E-state index contributed by atoms with van der Waals surface area (Å²) in [5, 5.41) is 9.96. The summed E-state index contributed by atoms with van der Waals surface area (Å²) in [4.78, 5) is 0. The van der Waals surface area contributed by atoms with Gasteiger partial charge in [-0.25, -0.2) is 4.39 Å². The van der Waals surface area contributed by atoms with Gasteiger partial charge in [0.05, 0.1) is 6.10 Å². The van der Waals surface area contributed by atoms with E-state index in [-0.39, 0.29) is 11.2 Å². The van der Waals surface area contributed by atoms with Gasteiger partial charge in [0.1, 0.15) is 5.82 Å². The minimum atomic E-state index is -0.400. The van der Waals surface area contributed by atoms with E-state index in [0.29, 0.717) is 12.8 Å². The van der Waals surface area contributed by atoms with Gasteiger partial charge in [-0.2, -0.15) is 0 Å². The first-order chi connectivity index (χ1) is 7.71. The molecule has 0 saturated carbocycles. The third-order valence-corrected chi connectivity index (χ3v) is 3.23. The lowest BCUT2D eigenvalue weighted by Gasteiger charge is -2.26. The highest BCUT2D eigenvalue weighted by atomic mass is 19.1. The SMILES string of the molecule is Cc1cc(C)c(CCC(O)C(C)(C)C)c(F)c1. The Morgan fingerprint density at radius 1 is 1.24 bits per heavy atom. The zero-order chi connectivity index (χ0) is 13.2. The fourth-order valence-corrected chi connectivity index (χ4v) is 1.98. The molecule has 1 atom stereocenters. The smallest absolute Gasteiger partial charge is 0.126 e. The zero-order valence-electron chi connectivity index (χ0n) is 11.5. The highest BCUT2D eigenvalue weighted by molar-refractivity contribution is 5.32. The summed E-state index contributed by atoms with van der Waals surface area (Å²) in [7, 11) is 0. The van der Waals surface area contributed by atoms with Crippen LogP contribution in [-0.4, -0.2) is 11.2 Å². The van der Waals surface area contributed by atoms with Gasteiger partial charge in [-0.3, -0.25) is 0 Å². The highest BCUT2D eigenvalue weighted by Gasteiger charge is 2.22. The highest BCUT2D eigenvalue weighted by Crippen LogP contribution is 2.25. The zero-order valence-corrected chi connectivity index (χ0v) is 11.5. The van der Waals surface area contributed by atoms with Gasteiger partial charge in [-0.05, 0) is 54.9 Å². The van der Waals surface area contributed by atoms with Crippen molar-refractivity contribution in [3.05, 3.63) is 34.6 Å². The molecule has 1 rings (SSSR count). The lowest BCUT2D eigenvalue weighted by atomic mass is 9.85. The molecule has 0 aliphatic carbocycles. The molecule has 1 aromatic carbocycles. The molecule has 0 amide bonds. The van der Waals surface area contributed by atoms with E-state index in [1.807, 2.05) is 40.7 Å². The van der Waals surface area contributed by atoms with Crippen LogP contribution in [0.1, 0.15) is 43.9 Å². The van der Waals surface area contributed by atoms with Crippen LogP contribution in [0.15, 0.2) is 12.1 Å². The molecule has 17 heavy (non-hydrogen) atoms. The average Bonchev–Trinajstić information content (AvgIpc) is 2.13. The molecule has 0 fully saturated rings. The molecule has 0 saturated heterocycles. The number of aryl methyl sites for hydroxylation is 2. The second kappa shape index (κ2) is 5.18. The fraction of sp³-hybridized carbons (Fsp3) is 0.600. The van der Waals surface area contributed by atoms with Gasteiger partial charge in [-0.15, -0.1) is 0 Å². The summed E-state index contributed by atoms with van der Waals surface area (Å²) in [5.41, 5.74) is 2.51. The van der Waals surface area contributed by atoms with Crippen molar-refractivity contribution in [3.63, 3.8) is 0 Å². The van der Waals surface area contributed by atoms with Crippen LogP contribution in [0.2, 0.25) is 0 Å². The predicted octanol–water partition coefficient (Wildman–Crippen LogP) is 3.78. The maximum atomic E-state index is 13.8. The van der Waals surface area contributed by atoms with Crippen molar-refractivity contribution >= 4 is 0 Å². The van der Waals surface area contributed by atoms with E-state index < -0.39 is 6.10 Å². The van der Waals surface area contributed by atoms with Crippen molar-refractivity contribution in [1.82, 2.24) is 0 Å². The van der Waals surface area contributed by atoms with Gasteiger partial charge in [0, 0.05) is 0 Å². The maximum absolute atomic E-state index is 13.8. The Morgan fingerprint density at radius 3 is 2.29 bits per heavy atom. The Hall–Kier alpha value is -0.890. The van der Waals surface area contributed by atoms with Gasteiger partial charge in [-0.1, -0.05) is 26.8 Å². The van der Waals surface area contributed by atoms with Crippen molar-refractivity contribution in [2.75, 3.05) is 0 Å². The summed E-state index contributed by atoms with van der Waals surface area (Å²) in [6, 6.07) is 3.55. The molecule has 1 unspecified atom stereocenters. The van der Waals surface area contributed by atoms with E-state index in [9.17, 15) is 9.50 Å². The Kier molecular flexibility index (Phi) is 4.31. The maximum Gasteiger partial charge on any atom is 0.126 e. The van der Waals surface area contributed by atoms with Gasteiger partial charge >= 0.3 is 0 Å². The first kappa shape index (κ1) is 14.2. The Morgan fingerprint density at radius 2 is 1.82 bits per heavy atom. The predicted molar refractivity (Wildman–Crippen MR) is 69.7 cm³/mol. The van der Waals surface area contributed by atoms with Crippen molar-refractivity contribution in [1.29, 1.82) is 0 Å². The summed E-state index contributed by atoms with van der Waals surface area (Å²) < 4.78 is 13.8. The van der Waals surface area contributed by atoms with Crippen LogP contribution in [0.3, 0.4) is 0 Å². The van der Waals surface area contributed by atoms with Crippen LogP contribution in [0.4, 0.5) is 4.39 Å². The van der Waals surface area contributed by atoms with Crippen LogP contribution in [0.25, 0.3) is 0 Å². The molecule has 1 aromatic rings. The Balaban J connectivity index is 2.77. The van der Waals surface area contributed by atoms with Crippen LogP contribution < -0.4 is 0 Å². The van der Waals surface area contributed by atoms with E-state index in [0.717, 1.165) is 16.7 Å². The van der Waals surface area contributed by atoms with Crippen molar-refractivity contribution in [2.45, 2.75) is 53.6 Å². The topological polar surface area (TPSA) is 20.2 Å². The van der Waals surface area contributed by atoms with E-state index in [2.05, 4.69) is 0 Å². The minimum absolute atomic E-state index is 0.144. The molecule has 0 heterocycles. The van der Waals surface area contributed by atoms with Crippen LogP contribution >= 0.6 is 0 Å². The van der Waals surface area contributed by atoms with Gasteiger partial charge in [0.15, 0.2) is 0 Å². The molecule has 0 radical (unpaired) electrons. The van der Waals surface area contributed by atoms with Gasteiger partial charge < -0.3 is 5.11 Å². The van der Waals surface area contributed by atoms with Crippen molar-refractivity contribution in [3.8, 4) is 0 Å². The number of aliphatic hydroxyl groups excluding tert-OH is 1. The lowest BCUT2D eigenvalue weighted by molar-refractivity contribution is 0.0558. The first-order valence-corrected chi connectivity index (χ1v) is 6.15. The monoisotopic (exact) mass is 238 g/mol. The minimum Gasteiger partial charge on any atom is -0.393 e. The molecule has 0 spiro atoms. The second-order valence-corrected chi connectivity index (χ2v) is 5.96. The van der Waals surface area contributed by atoms with E-state index >= 15 is 0 Å². The third-order valence-electron chi connectivity index (χ3n) is 3.23. The third kappa shape index (κ3) is 3.81. The van der Waals surface area contributed by atoms with Crippen LogP contribution in [-0.2, 0) is 6.42 Å². The molecule has 2 heteroatoms.